The maximum absolute atomic E-state index is 15.0. The number of fused-ring (bicyclic) bond motifs is 1. The second kappa shape index (κ2) is 13.2. The van der Waals surface area contributed by atoms with E-state index in [2.05, 4.69) is 29.1 Å². The lowest BCUT2D eigenvalue weighted by Crippen LogP contribution is -2.58. The zero-order valence-corrected chi connectivity index (χ0v) is 27.4. The number of aliphatic hydroxyl groups excluding tert-OH is 1. The normalized spacial score (nSPS) is 27.6. The third kappa shape index (κ3) is 5.21. The number of aliphatic hydroxyl groups is 1. The highest BCUT2D eigenvalue weighted by Gasteiger charge is 2.77. The lowest BCUT2D eigenvalue weighted by atomic mass is 9.70. The number of aryl methyl sites for hydroxylation is 1. The Kier molecular flexibility index (Phi) is 9.70. The van der Waals surface area contributed by atoms with Crippen molar-refractivity contribution in [3.05, 3.63) is 90.0 Å². The predicted molar refractivity (Wildman–Crippen MR) is 175 cm³/mol. The molecule has 2 aromatic carbocycles. The summed E-state index contributed by atoms with van der Waals surface area (Å²) in [6, 6.07) is 12.6. The van der Waals surface area contributed by atoms with E-state index in [0.717, 1.165) is 12.0 Å². The Morgan fingerprint density at radius 2 is 1.86 bits per heavy atom. The molecule has 0 aromatic heterocycles. The molecule has 1 spiro atoms. The summed E-state index contributed by atoms with van der Waals surface area (Å²) in [4.78, 5) is 48.5. The molecule has 0 radical (unpaired) electrons. The van der Waals surface area contributed by atoms with Crippen molar-refractivity contribution in [3.63, 3.8) is 0 Å². The number of benzene rings is 2. The number of rotatable bonds is 12. The Labute approximate surface area is 272 Å². The second-order valence-corrected chi connectivity index (χ2v) is 13.3. The van der Waals surface area contributed by atoms with Gasteiger partial charge in [0.1, 0.15) is 11.6 Å². The summed E-state index contributed by atoms with van der Waals surface area (Å²) >= 11 is 10.4. The number of alkyl halides is 1. The number of halogens is 2. The molecular weight excluding hydrogens is 646 g/mol. The lowest BCUT2D eigenvalue weighted by molar-refractivity contribution is -0.147. The van der Waals surface area contributed by atoms with Gasteiger partial charge in [0.25, 0.3) is 5.91 Å². The van der Waals surface area contributed by atoms with Crippen molar-refractivity contribution in [2.75, 3.05) is 31.1 Å². The van der Waals surface area contributed by atoms with Gasteiger partial charge < -0.3 is 24.5 Å². The van der Waals surface area contributed by atoms with Gasteiger partial charge in [-0.25, -0.2) is 0 Å². The molecule has 3 amide bonds. The summed E-state index contributed by atoms with van der Waals surface area (Å²) in [5, 5.41) is 11.2. The van der Waals surface area contributed by atoms with E-state index in [4.69, 9.17) is 16.3 Å². The van der Waals surface area contributed by atoms with Gasteiger partial charge in [-0.3, -0.25) is 14.4 Å². The minimum Gasteiger partial charge on any atom is -0.394 e. The zero-order chi connectivity index (χ0) is 31.8. The summed E-state index contributed by atoms with van der Waals surface area (Å²) in [5.74, 6) is -2.70. The molecule has 2 aromatic rings. The highest BCUT2D eigenvalue weighted by Crippen LogP contribution is 2.61. The largest absolute Gasteiger partial charge is 0.394 e. The van der Waals surface area contributed by atoms with Crippen LogP contribution in [0.5, 0.6) is 0 Å². The number of ether oxygens (including phenoxy) is 1. The topological polar surface area (TPSA) is 90.4 Å². The maximum atomic E-state index is 15.0. The van der Waals surface area contributed by atoms with Crippen molar-refractivity contribution < 1.29 is 24.2 Å². The molecule has 0 saturated carbocycles. The van der Waals surface area contributed by atoms with Crippen LogP contribution in [0, 0.1) is 18.8 Å². The van der Waals surface area contributed by atoms with E-state index < -0.39 is 48.1 Å². The number of hydrogen-bond donors (Lipinski definition) is 1. The van der Waals surface area contributed by atoms with Crippen LogP contribution >= 0.6 is 27.5 Å². The quantitative estimate of drug-likeness (QED) is 0.249. The van der Waals surface area contributed by atoms with E-state index in [1.807, 2.05) is 56.3 Å². The average molecular weight is 685 g/mol. The Morgan fingerprint density at radius 3 is 2.48 bits per heavy atom. The van der Waals surface area contributed by atoms with Gasteiger partial charge in [0.05, 0.1) is 41.3 Å². The van der Waals surface area contributed by atoms with E-state index >= 15 is 4.79 Å². The molecule has 5 rings (SSSR count). The molecule has 0 aliphatic carbocycles. The fourth-order valence-corrected chi connectivity index (χ4v) is 8.72. The van der Waals surface area contributed by atoms with Gasteiger partial charge in [-0.15, -0.1) is 13.2 Å². The molecule has 1 N–H and O–H groups in total. The smallest absolute Gasteiger partial charge is 0.253 e. The Hall–Kier alpha value is -2.98. The van der Waals surface area contributed by atoms with Crippen LogP contribution in [0.4, 0.5) is 5.69 Å². The van der Waals surface area contributed by atoms with Gasteiger partial charge >= 0.3 is 0 Å². The fraction of sp³-hybridized carbons (Fsp3) is 0.441. The first kappa shape index (κ1) is 32.4. The van der Waals surface area contributed by atoms with Crippen molar-refractivity contribution in [1.82, 2.24) is 9.80 Å². The molecule has 3 fully saturated rings. The molecule has 10 heteroatoms. The number of hydrogen-bond acceptors (Lipinski definition) is 5. The fourth-order valence-electron chi connectivity index (χ4n) is 7.46. The predicted octanol–water partition coefficient (Wildman–Crippen LogP) is 5.07. The maximum Gasteiger partial charge on any atom is 0.253 e. The highest BCUT2D eigenvalue weighted by atomic mass is 79.9. The third-order valence-electron chi connectivity index (χ3n) is 9.13. The highest BCUT2D eigenvalue weighted by molar-refractivity contribution is 9.09. The van der Waals surface area contributed by atoms with Gasteiger partial charge in [0.2, 0.25) is 11.8 Å². The first-order valence-corrected chi connectivity index (χ1v) is 16.3. The van der Waals surface area contributed by atoms with Gasteiger partial charge in [-0.05, 0) is 37.0 Å². The molecule has 2 bridgehead atoms. The van der Waals surface area contributed by atoms with Crippen LogP contribution in [0.25, 0.3) is 0 Å². The van der Waals surface area contributed by atoms with Crippen LogP contribution in [0.3, 0.4) is 0 Å². The third-order valence-corrected chi connectivity index (χ3v) is 10.3. The summed E-state index contributed by atoms with van der Waals surface area (Å²) < 4.78 is 6.76. The number of carbonyl (C=O) groups excluding carboxylic acids is 3. The molecule has 3 aliphatic heterocycles. The first-order chi connectivity index (χ1) is 21.2. The van der Waals surface area contributed by atoms with Crippen LogP contribution in [-0.4, -0.2) is 81.4 Å². The van der Waals surface area contributed by atoms with Crippen LogP contribution in [0.1, 0.15) is 36.9 Å². The minimum atomic E-state index is -1.31. The molecule has 3 unspecified atom stereocenters. The van der Waals surface area contributed by atoms with E-state index in [0.29, 0.717) is 35.8 Å². The SMILES string of the molecule is C=CCN(CCC)C(=O)[C@H]1[C@@H]2OC3(CC2Br)C(C(=O)N(CC=C)c2c(C)cccc2Cl)N([C@H](CO)c2ccccc2)C(=O)[C@H]13. The minimum absolute atomic E-state index is 0.130. The molecule has 3 aliphatic rings. The van der Waals surface area contributed by atoms with E-state index in [1.165, 1.54) is 4.90 Å². The summed E-state index contributed by atoms with van der Waals surface area (Å²) in [6.45, 7) is 12.1. The van der Waals surface area contributed by atoms with Crippen LogP contribution in [0.15, 0.2) is 73.8 Å². The summed E-state index contributed by atoms with van der Waals surface area (Å²) in [7, 11) is 0. The van der Waals surface area contributed by atoms with Crippen LogP contribution in [-0.2, 0) is 19.1 Å². The standard InChI is InChI=1S/C34H39BrClN3O5/c1-5-16-37(17-6-2)31(41)26-27-32(42)39(25(20-40)22-13-9-8-10-14-22)30(34(27)19-23(35)29(26)44-34)33(43)38(18-7-3)28-21(4)12-11-15-24(28)36/h5,7-15,23,25-27,29-30,40H,1,3,6,16-20H2,2,4H3/t23?,25-,26-,27+,29-,30?,34?/m1/s1. The number of nitrogens with zero attached hydrogens (tertiary/aromatic N) is 3. The van der Waals surface area contributed by atoms with Crippen molar-refractivity contribution in [2.45, 2.75) is 55.3 Å². The Morgan fingerprint density at radius 1 is 1.16 bits per heavy atom. The number of para-hydroxylation sites is 1. The first-order valence-electron chi connectivity index (χ1n) is 15.0. The number of likely N-dealkylation sites (tertiary alicyclic amines) is 1. The molecule has 8 nitrogen and oxygen atoms in total. The molecular formula is C34H39BrClN3O5. The van der Waals surface area contributed by atoms with Gasteiger partial charge in [-0.1, -0.05) is 89.1 Å². The van der Waals surface area contributed by atoms with E-state index in [1.54, 1.807) is 28.0 Å². The number of carbonyl (C=O) groups is 3. The molecule has 7 atom stereocenters. The van der Waals surface area contributed by atoms with Crippen molar-refractivity contribution in [1.29, 1.82) is 0 Å². The van der Waals surface area contributed by atoms with Crippen molar-refractivity contribution in [2.24, 2.45) is 11.8 Å². The average Bonchev–Trinajstić information content (AvgIpc) is 3.60. The van der Waals surface area contributed by atoms with Crippen molar-refractivity contribution >= 4 is 50.9 Å². The van der Waals surface area contributed by atoms with E-state index in [-0.39, 0.29) is 23.2 Å². The lowest BCUT2D eigenvalue weighted by Gasteiger charge is -2.40. The summed E-state index contributed by atoms with van der Waals surface area (Å²) in [5.41, 5.74) is 0.661. The van der Waals surface area contributed by atoms with Crippen LogP contribution < -0.4 is 4.90 Å². The zero-order valence-electron chi connectivity index (χ0n) is 25.1. The Balaban J connectivity index is 1.69. The molecule has 3 heterocycles. The van der Waals surface area contributed by atoms with E-state index in [9.17, 15) is 14.7 Å². The summed E-state index contributed by atoms with van der Waals surface area (Å²) in [6.07, 6.45) is 3.77. The second-order valence-electron chi connectivity index (χ2n) is 11.7. The molecule has 234 valence electrons. The van der Waals surface area contributed by atoms with Gasteiger partial charge in [0.15, 0.2) is 0 Å². The molecule has 44 heavy (non-hydrogen) atoms. The van der Waals surface area contributed by atoms with Crippen LogP contribution in [0.2, 0.25) is 5.02 Å². The van der Waals surface area contributed by atoms with Crippen molar-refractivity contribution in [3.8, 4) is 0 Å². The number of amides is 3. The molecule has 3 saturated heterocycles. The number of anilines is 1. The Bertz CT molecular complexity index is 1420. The van der Waals surface area contributed by atoms with Gasteiger partial charge in [0, 0.05) is 24.5 Å². The van der Waals surface area contributed by atoms with Gasteiger partial charge in [-0.2, -0.15) is 0 Å². The monoisotopic (exact) mass is 683 g/mol.